The Bertz CT molecular complexity index is 431. The first-order valence-corrected chi connectivity index (χ1v) is 7.27. The quantitative estimate of drug-likeness (QED) is 0.800. The standard InChI is InChI=1S/C14H18N2OS/c1-2-3-5-10-12-13(14(17)16-15-12)18-11-8-6-4-7-9-11/h4,6-9,13H,2-3,5,10H2,1H3,(H,16,17). The fourth-order valence-electron chi connectivity index (χ4n) is 1.90. The van der Waals surface area contributed by atoms with Gasteiger partial charge in [0, 0.05) is 4.90 Å². The number of thioether (sulfide) groups is 1. The van der Waals surface area contributed by atoms with Crippen molar-refractivity contribution in [3.8, 4) is 0 Å². The normalized spacial score (nSPS) is 18.6. The summed E-state index contributed by atoms with van der Waals surface area (Å²) in [6.07, 6.45) is 4.40. The van der Waals surface area contributed by atoms with Gasteiger partial charge in [-0.3, -0.25) is 4.79 Å². The minimum absolute atomic E-state index is 0.00958. The fraction of sp³-hybridized carbons (Fsp3) is 0.429. The van der Waals surface area contributed by atoms with E-state index in [4.69, 9.17) is 0 Å². The summed E-state index contributed by atoms with van der Waals surface area (Å²) in [6, 6.07) is 10.0. The van der Waals surface area contributed by atoms with Crippen molar-refractivity contribution in [2.75, 3.05) is 0 Å². The molecule has 0 spiro atoms. The second-order valence-corrected chi connectivity index (χ2v) is 5.53. The second-order valence-electron chi connectivity index (χ2n) is 4.35. The molecular formula is C14H18N2OS. The van der Waals surface area contributed by atoms with Gasteiger partial charge in [0.25, 0.3) is 5.91 Å². The summed E-state index contributed by atoms with van der Waals surface area (Å²) in [5, 5.41) is 4.01. The van der Waals surface area contributed by atoms with Crippen LogP contribution in [0.1, 0.15) is 32.6 Å². The molecule has 1 aromatic rings. The van der Waals surface area contributed by atoms with E-state index in [2.05, 4.69) is 17.5 Å². The maximum atomic E-state index is 11.8. The van der Waals surface area contributed by atoms with Crippen LogP contribution >= 0.6 is 11.8 Å². The van der Waals surface area contributed by atoms with Crippen LogP contribution in [0.15, 0.2) is 40.3 Å². The molecule has 0 radical (unpaired) electrons. The lowest BCUT2D eigenvalue weighted by Gasteiger charge is -2.10. The predicted octanol–water partition coefficient (Wildman–Crippen LogP) is 3.21. The number of hydrogen-bond acceptors (Lipinski definition) is 3. The SMILES string of the molecule is CCCCCC1=NNC(=O)C1Sc1ccccc1. The molecule has 1 atom stereocenters. The van der Waals surface area contributed by atoms with Crippen molar-refractivity contribution < 1.29 is 4.79 Å². The summed E-state index contributed by atoms with van der Waals surface area (Å²) in [5.41, 5.74) is 3.58. The molecule has 0 saturated carbocycles. The molecule has 1 heterocycles. The van der Waals surface area contributed by atoms with E-state index < -0.39 is 0 Å². The Labute approximate surface area is 112 Å². The van der Waals surface area contributed by atoms with Gasteiger partial charge in [-0.1, -0.05) is 38.0 Å². The van der Waals surface area contributed by atoms with Gasteiger partial charge in [0.05, 0.1) is 5.71 Å². The number of hydrazone groups is 1. The average Bonchev–Trinajstić information content (AvgIpc) is 2.73. The maximum Gasteiger partial charge on any atom is 0.259 e. The first kappa shape index (κ1) is 13.1. The molecule has 96 valence electrons. The van der Waals surface area contributed by atoms with Crippen molar-refractivity contribution >= 4 is 23.4 Å². The van der Waals surface area contributed by atoms with Crippen molar-refractivity contribution in [2.24, 2.45) is 5.10 Å². The Morgan fingerprint density at radius 3 is 2.78 bits per heavy atom. The first-order valence-electron chi connectivity index (χ1n) is 6.39. The number of carbonyl (C=O) groups excluding carboxylic acids is 1. The Morgan fingerprint density at radius 2 is 2.06 bits per heavy atom. The molecule has 0 aliphatic carbocycles. The third-order valence-corrected chi connectivity index (χ3v) is 4.15. The highest BCUT2D eigenvalue weighted by Gasteiger charge is 2.30. The van der Waals surface area contributed by atoms with Crippen LogP contribution in [0.4, 0.5) is 0 Å². The Hall–Kier alpha value is -1.29. The van der Waals surface area contributed by atoms with Crippen LogP contribution in [0, 0.1) is 0 Å². The highest BCUT2D eigenvalue weighted by Crippen LogP contribution is 2.27. The number of nitrogens with one attached hydrogen (secondary N) is 1. The van der Waals surface area contributed by atoms with Gasteiger partial charge in [0.2, 0.25) is 0 Å². The summed E-state index contributed by atoms with van der Waals surface area (Å²) < 4.78 is 0. The summed E-state index contributed by atoms with van der Waals surface area (Å²) in [4.78, 5) is 12.9. The van der Waals surface area contributed by atoms with Crippen molar-refractivity contribution in [1.29, 1.82) is 0 Å². The van der Waals surface area contributed by atoms with Gasteiger partial charge in [-0.15, -0.1) is 11.8 Å². The van der Waals surface area contributed by atoms with Gasteiger partial charge >= 0.3 is 0 Å². The van der Waals surface area contributed by atoms with E-state index in [0.717, 1.165) is 23.4 Å². The average molecular weight is 262 g/mol. The van der Waals surface area contributed by atoms with Gasteiger partial charge in [0.1, 0.15) is 5.25 Å². The maximum absolute atomic E-state index is 11.8. The number of benzene rings is 1. The van der Waals surface area contributed by atoms with Gasteiger partial charge in [-0.05, 0) is 25.0 Å². The van der Waals surface area contributed by atoms with E-state index in [0.29, 0.717) is 0 Å². The molecule has 3 nitrogen and oxygen atoms in total. The zero-order valence-corrected chi connectivity index (χ0v) is 11.4. The zero-order valence-electron chi connectivity index (χ0n) is 10.6. The summed E-state index contributed by atoms with van der Waals surface area (Å²) in [6.45, 7) is 2.18. The third kappa shape index (κ3) is 3.35. The van der Waals surface area contributed by atoms with Crippen molar-refractivity contribution in [2.45, 2.75) is 42.8 Å². The lowest BCUT2D eigenvalue weighted by molar-refractivity contribution is -0.118. The molecule has 1 aliphatic heterocycles. The van der Waals surface area contributed by atoms with Crippen molar-refractivity contribution in [1.82, 2.24) is 5.43 Å². The lowest BCUT2D eigenvalue weighted by atomic mass is 10.1. The van der Waals surface area contributed by atoms with Crippen LogP contribution in [0.2, 0.25) is 0 Å². The smallest absolute Gasteiger partial charge is 0.259 e. The molecule has 2 rings (SSSR count). The Balaban J connectivity index is 1.96. The third-order valence-electron chi connectivity index (χ3n) is 2.88. The zero-order chi connectivity index (χ0) is 12.8. The van der Waals surface area contributed by atoms with E-state index in [-0.39, 0.29) is 11.2 Å². The van der Waals surface area contributed by atoms with Gasteiger partial charge < -0.3 is 0 Å². The molecule has 1 aromatic carbocycles. The van der Waals surface area contributed by atoms with Gasteiger partial charge in [-0.2, -0.15) is 5.10 Å². The van der Waals surface area contributed by atoms with Gasteiger partial charge in [-0.25, -0.2) is 5.43 Å². The summed E-state index contributed by atoms with van der Waals surface area (Å²) in [5.74, 6) is 0.00958. The Morgan fingerprint density at radius 1 is 1.28 bits per heavy atom. The predicted molar refractivity (Wildman–Crippen MR) is 75.8 cm³/mol. The molecule has 0 fully saturated rings. The second kappa shape index (κ2) is 6.59. The number of rotatable bonds is 6. The van der Waals surface area contributed by atoms with Crippen LogP contribution in [-0.4, -0.2) is 16.9 Å². The van der Waals surface area contributed by atoms with Crippen LogP contribution in [0.25, 0.3) is 0 Å². The highest BCUT2D eigenvalue weighted by atomic mass is 32.2. The molecule has 18 heavy (non-hydrogen) atoms. The molecule has 4 heteroatoms. The number of nitrogens with zero attached hydrogens (tertiary/aromatic N) is 1. The first-order chi connectivity index (χ1) is 8.81. The molecule has 1 unspecified atom stereocenters. The van der Waals surface area contributed by atoms with Gasteiger partial charge in [0.15, 0.2) is 0 Å². The summed E-state index contributed by atoms with van der Waals surface area (Å²) in [7, 11) is 0. The molecule has 0 saturated heterocycles. The van der Waals surface area contributed by atoms with Crippen LogP contribution in [-0.2, 0) is 4.79 Å². The minimum Gasteiger partial charge on any atom is -0.271 e. The Kier molecular flexibility index (Phi) is 4.81. The topological polar surface area (TPSA) is 41.5 Å². The van der Waals surface area contributed by atoms with Crippen molar-refractivity contribution in [3.63, 3.8) is 0 Å². The monoisotopic (exact) mass is 262 g/mol. The molecule has 1 aliphatic rings. The lowest BCUT2D eigenvalue weighted by Crippen LogP contribution is -2.25. The number of amides is 1. The van der Waals surface area contributed by atoms with E-state index >= 15 is 0 Å². The van der Waals surface area contributed by atoms with E-state index in [1.807, 2.05) is 30.3 Å². The number of unbranched alkanes of at least 4 members (excludes halogenated alkanes) is 2. The number of carbonyl (C=O) groups is 1. The minimum atomic E-state index is -0.149. The molecule has 0 aromatic heterocycles. The van der Waals surface area contributed by atoms with E-state index in [1.54, 1.807) is 11.8 Å². The van der Waals surface area contributed by atoms with E-state index in [1.165, 1.54) is 12.8 Å². The van der Waals surface area contributed by atoms with Crippen LogP contribution in [0.3, 0.4) is 0 Å². The molecular weight excluding hydrogens is 244 g/mol. The fourth-order valence-corrected chi connectivity index (χ4v) is 2.95. The highest BCUT2D eigenvalue weighted by molar-refractivity contribution is 8.01. The molecule has 1 amide bonds. The van der Waals surface area contributed by atoms with Crippen molar-refractivity contribution in [3.05, 3.63) is 30.3 Å². The van der Waals surface area contributed by atoms with Crippen LogP contribution in [0.5, 0.6) is 0 Å². The largest absolute Gasteiger partial charge is 0.271 e. The summed E-state index contributed by atoms with van der Waals surface area (Å²) >= 11 is 1.58. The molecule has 0 bridgehead atoms. The number of hydrogen-bond donors (Lipinski definition) is 1. The van der Waals surface area contributed by atoms with E-state index in [9.17, 15) is 4.79 Å². The van der Waals surface area contributed by atoms with Crippen LogP contribution < -0.4 is 5.43 Å². The molecule has 1 N–H and O–H groups in total.